The van der Waals surface area contributed by atoms with Gasteiger partial charge in [0.25, 0.3) is 5.91 Å². The second-order valence-electron chi connectivity index (χ2n) is 6.24. The van der Waals surface area contributed by atoms with Crippen molar-refractivity contribution < 1.29 is 9.53 Å². The fourth-order valence-electron chi connectivity index (χ4n) is 3.16. The van der Waals surface area contributed by atoms with E-state index in [0.29, 0.717) is 16.4 Å². The van der Waals surface area contributed by atoms with Crippen molar-refractivity contribution in [2.75, 3.05) is 12.4 Å². The van der Waals surface area contributed by atoms with Gasteiger partial charge in [-0.1, -0.05) is 17.4 Å². The number of para-hydroxylation sites is 1. The number of hydrogen-bond acceptors (Lipinski definition) is 5. The second kappa shape index (κ2) is 6.55. The van der Waals surface area contributed by atoms with E-state index < -0.39 is 0 Å². The summed E-state index contributed by atoms with van der Waals surface area (Å²) in [5.41, 5.74) is 3.31. The van der Waals surface area contributed by atoms with Gasteiger partial charge < -0.3 is 9.30 Å². The van der Waals surface area contributed by atoms with E-state index in [9.17, 15) is 4.79 Å². The molecule has 0 fully saturated rings. The molecule has 0 aliphatic carbocycles. The predicted molar refractivity (Wildman–Crippen MR) is 106 cm³/mol. The van der Waals surface area contributed by atoms with E-state index in [2.05, 4.69) is 15.4 Å². The summed E-state index contributed by atoms with van der Waals surface area (Å²) in [5.74, 6) is 1.17. The van der Waals surface area contributed by atoms with E-state index in [1.807, 2.05) is 55.8 Å². The lowest BCUT2D eigenvalue weighted by Gasteiger charge is -2.12. The number of aryl methyl sites for hydroxylation is 3. The number of benzene rings is 1. The van der Waals surface area contributed by atoms with Crippen molar-refractivity contribution in [2.24, 2.45) is 7.05 Å². The predicted octanol–water partition coefficient (Wildman–Crippen LogP) is 3.70. The number of nitrogens with one attached hydrogen (secondary N) is 1. The third kappa shape index (κ3) is 2.87. The Morgan fingerprint density at radius 3 is 2.63 bits per heavy atom. The molecule has 0 aliphatic rings. The molecular formula is C19H19N5O2S. The monoisotopic (exact) mass is 381 g/mol. The van der Waals surface area contributed by atoms with Crippen LogP contribution < -0.4 is 10.1 Å². The lowest BCUT2D eigenvalue weighted by atomic mass is 10.3. The van der Waals surface area contributed by atoms with E-state index in [4.69, 9.17) is 4.74 Å². The van der Waals surface area contributed by atoms with E-state index in [-0.39, 0.29) is 5.91 Å². The van der Waals surface area contributed by atoms with Crippen molar-refractivity contribution in [3.8, 4) is 11.6 Å². The van der Waals surface area contributed by atoms with Gasteiger partial charge >= 0.3 is 0 Å². The Labute approximate surface area is 160 Å². The molecule has 138 valence electrons. The summed E-state index contributed by atoms with van der Waals surface area (Å²) < 4.78 is 10.0. The second-order valence-corrected chi connectivity index (χ2v) is 7.27. The van der Waals surface area contributed by atoms with Crippen molar-refractivity contribution in [1.29, 1.82) is 0 Å². The lowest BCUT2D eigenvalue weighted by Crippen LogP contribution is -2.16. The summed E-state index contributed by atoms with van der Waals surface area (Å²) >= 11 is 1.41. The number of nitrogens with zero attached hydrogens (tertiary/aromatic N) is 4. The molecule has 3 heterocycles. The van der Waals surface area contributed by atoms with Gasteiger partial charge in [0.05, 0.1) is 18.0 Å². The molecule has 0 bridgehead atoms. The maximum atomic E-state index is 13.0. The minimum Gasteiger partial charge on any atom is -0.494 e. The summed E-state index contributed by atoms with van der Waals surface area (Å²) in [6.07, 6.45) is 1.58. The van der Waals surface area contributed by atoms with Crippen LogP contribution in [-0.2, 0) is 7.05 Å². The number of methoxy groups -OCH3 is 1. The van der Waals surface area contributed by atoms with Gasteiger partial charge in [0.1, 0.15) is 22.6 Å². The Kier molecular flexibility index (Phi) is 4.19. The van der Waals surface area contributed by atoms with Gasteiger partial charge in [-0.3, -0.25) is 14.8 Å². The molecule has 0 unspecified atom stereocenters. The first-order valence-corrected chi connectivity index (χ1v) is 9.23. The fraction of sp³-hybridized carbons (Fsp3) is 0.211. The zero-order valence-corrected chi connectivity index (χ0v) is 16.3. The minimum absolute atomic E-state index is 0.247. The van der Waals surface area contributed by atoms with Gasteiger partial charge in [-0.25, -0.2) is 4.98 Å². The van der Waals surface area contributed by atoms with Gasteiger partial charge in [0.15, 0.2) is 5.13 Å². The number of carbonyl (C=O) groups is 1. The molecule has 4 aromatic rings. The van der Waals surface area contributed by atoms with E-state index in [1.54, 1.807) is 18.0 Å². The number of amides is 1. The van der Waals surface area contributed by atoms with Crippen LogP contribution in [0.5, 0.6) is 5.75 Å². The molecule has 0 radical (unpaired) electrons. The van der Waals surface area contributed by atoms with Gasteiger partial charge in [-0.15, -0.1) is 0 Å². The van der Waals surface area contributed by atoms with Gasteiger partial charge in [0.2, 0.25) is 0 Å². The molecule has 27 heavy (non-hydrogen) atoms. The minimum atomic E-state index is -0.247. The summed E-state index contributed by atoms with van der Waals surface area (Å²) in [6, 6.07) is 9.74. The normalized spacial score (nSPS) is 11.1. The first-order valence-electron chi connectivity index (χ1n) is 8.42. The number of rotatable bonds is 4. The van der Waals surface area contributed by atoms with E-state index in [1.165, 1.54) is 11.3 Å². The maximum absolute atomic E-state index is 13.0. The van der Waals surface area contributed by atoms with E-state index >= 15 is 0 Å². The zero-order valence-electron chi connectivity index (χ0n) is 15.5. The van der Waals surface area contributed by atoms with Crippen molar-refractivity contribution in [2.45, 2.75) is 13.8 Å². The highest BCUT2D eigenvalue weighted by Gasteiger charge is 2.21. The largest absolute Gasteiger partial charge is 0.494 e. The third-order valence-electron chi connectivity index (χ3n) is 4.46. The average molecular weight is 381 g/mol. The standard InChI is InChI=1S/C19H19N5O2S/c1-11-8-9-12(2)24(11)18-13(10-20-23(18)3)17(25)22-19-21-16-14(26-4)6-5-7-15(16)27-19/h5-10H,1-4H3,(H,21,22,25). The summed E-state index contributed by atoms with van der Waals surface area (Å²) in [6.45, 7) is 4.00. The van der Waals surface area contributed by atoms with Crippen molar-refractivity contribution in [3.63, 3.8) is 0 Å². The Balaban J connectivity index is 1.71. The molecule has 0 spiro atoms. The van der Waals surface area contributed by atoms with Crippen LogP contribution in [-0.4, -0.2) is 32.3 Å². The van der Waals surface area contributed by atoms with Crippen LogP contribution >= 0.6 is 11.3 Å². The van der Waals surface area contributed by atoms with Crippen LogP contribution in [0.15, 0.2) is 36.5 Å². The SMILES string of the molecule is COc1cccc2sc(NC(=O)c3cnn(C)c3-n3c(C)ccc3C)nc12. The molecule has 0 atom stereocenters. The van der Waals surface area contributed by atoms with Crippen LogP contribution in [0, 0.1) is 13.8 Å². The number of aromatic nitrogens is 4. The molecule has 1 aromatic carbocycles. The smallest absolute Gasteiger partial charge is 0.262 e. The molecule has 7 nitrogen and oxygen atoms in total. The highest BCUT2D eigenvalue weighted by molar-refractivity contribution is 7.22. The number of carbonyl (C=O) groups excluding carboxylic acids is 1. The van der Waals surface area contributed by atoms with Crippen molar-refractivity contribution >= 4 is 32.6 Å². The molecule has 1 N–H and O–H groups in total. The molecule has 0 saturated heterocycles. The number of hydrogen-bond donors (Lipinski definition) is 1. The van der Waals surface area contributed by atoms with Crippen molar-refractivity contribution in [1.82, 2.24) is 19.3 Å². The number of anilines is 1. The van der Waals surface area contributed by atoms with Gasteiger partial charge in [-0.05, 0) is 38.1 Å². The van der Waals surface area contributed by atoms with Crippen LogP contribution in [0.2, 0.25) is 0 Å². The highest BCUT2D eigenvalue weighted by atomic mass is 32.1. The molecule has 0 saturated carbocycles. The van der Waals surface area contributed by atoms with Gasteiger partial charge in [-0.2, -0.15) is 5.10 Å². The molecule has 0 aliphatic heterocycles. The Bertz CT molecular complexity index is 1130. The molecule has 4 rings (SSSR count). The van der Waals surface area contributed by atoms with E-state index in [0.717, 1.165) is 27.4 Å². The number of ether oxygens (including phenoxy) is 1. The first-order chi connectivity index (χ1) is 13.0. The Morgan fingerprint density at radius 2 is 1.93 bits per heavy atom. The Hall–Kier alpha value is -3.13. The number of fused-ring (bicyclic) bond motifs is 1. The van der Waals surface area contributed by atoms with Crippen molar-refractivity contribution in [3.05, 3.63) is 53.5 Å². The highest BCUT2D eigenvalue weighted by Crippen LogP contribution is 2.32. The molecular weight excluding hydrogens is 362 g/mol. The van der Waals surface area contributed by atoms with Crippen LogP contribution in [0.3, 0.4) is 0 Å². The fourth-order valence-corrected chi connectivity index (χ4v) is 4.04. The Morgan fingerprint density at radius 1 is 1.19 bits per heavy atom. The van der Waals surface area contributed by atoms with Crippen LogP contribution in [0.4, 0.5) is 5.13 Å². The van der Waals surface area contributed by atoms with Crippen LogP contribution in [0.1, 0.15) is 21.7 Å². The summed E-state index contributed by atoms with van der Waals surface area (Å²) in [7, 11) is 3.43. The number of thiazole rings is 1. The topological polar surface area (TPSA) is 74.0 Å². The molecule has 8 heteroatoms. The van der Waals surface area contributed by atoms with Crippen LogP contribution in [0.25, 0.3) is 16.0 Å². The maximum Gasteiger partial charge on any atom is 0.262 e. The molecule has 3 aromatic heterocycles. The summed E-state index contributed by atoms with van der Waals surface area (Å²) in [4.78, 5) is 17.5. The summed E-state index contributed by atoms with van der Waals surface area (Å²) in [5, 5.41) is 7.71. The first kappa shape index (κ1) is 17.3. The third-order valence-corrected chi connectivity index (χ3v) is 5.39. The lowest BCUT2D eigenvalue weighted by molar-refractivity contribution is 0.102. The van der Waals surface area contributed by atoms with Gasteiger partial charge in [0, 0.05) is 18.4 Å². The quantitative estimate of drug-likeness (QED) is 0.585. The molecule has 1 amide bonds. The average Bonchev–Trinajstić information content (AvgIpc) is 3.31. The zero-order chi connectivity index (χ0) is 19.1.